The van der Waals surface area contributed by atoms with Crippen molar-refractivity contribution in [2.75, 3.05) is 0 Å². The van der Waals surface area contributed by atoms with Gasteiger partial charge < -0.3 is 16.0 Å². The van der Waals surface area contributed by atoms with Crippen LogP contribution < -0.4 is 11.5 Å². The fourth-order valence-electron chi connectivity index (χ4n) is 1.02. The Labute approximate surface area is 73.9 Å². The lowest BCUT2D eigenvalue weighted by atomic mass is 10.1. The van der Waals surface area contributed by atoms with E-state index in [0.717, 1.165) is 0 Å². The lowest BCUT2D eigenvalue weighted by Crippen LogP contribution is -2.16. The number of nitrogens with zero attached hydrogens (tertiary/aromatic N) is 1. The van der Waals surface area contributed by atoms with Crippen LogP contribution in [-0.2, 0) is 6.42 Å². The van der Waals surface area contributed by atoms with Gasteiger partial charge in [0, 0.05) is 5.56 Å². The van der Waals surface area contributed by atoms with Gasteiger partial charge in [-0.15, -0.1) is 0 Å². The number of hydrogen-bond donors (Lipinski definition) is 2. The third-order valence-corrected chi connectivity index (χ3v) is 1.60. The quantitative estimate of drug-likeness (QED) is 0.653. The average molecular weight is 183 g/mol. The van der Waals surface area contributed by atoms with Crippen LogP contribution in [0, 0.1) is 0 Å². The van der Waals surface area contributed by atoms with Crippen molar-refractivity contribution in [3.05, 3.63) is 17.0 Å². The highest BCUT2D eigenvalue weighted by Gasteiger charge is 2.21. The van der Waals surface area contributed by atoms with E-state index in [9.17, 15) is 9.59 Å². The monoisotopic (exact) mass is 183 g/mol. The lowest BCUT2D eigenvalue weighted by molar-refractivity contribution is 0.0956. The van der Waals surface area contributed by atoms with Crippen molar-refractivity contribution >= 4 is 11.8 Å². The van der Waals surface area contributed by atoms with Crippen LogP contribution in [0.25, 0.3) is 0 Å². The molecule has 0 saturated carbocycles. The van der Waals surface area contributed by atoms with Crippen molar-refractivity contribution < 1.29 is 14.1 Å². The average Bonchev–Trinajstić information content (AvgIpc) is 2.46. The second kappa shape index (κ2) is 3.26. The van der Waals surface area contributed by atoms with E-state index < -0.39 is 11.8 Å². The molecule has 6 nitrogen and oxygen atoms in total. The minimum absolute atomic E-state index is 0.0312. The summed E-state index contributed by atoms with van der Waals surface area (Å²) in [7, 11) is 0. The van der Waals surface area contributed by atoms with E-state index in [2.05, 4.69) is 9.68 Å². The van der Waals surface area contributed by atoms with Gasteiger partial charge in [-0.1, -0.05) is 12.1 Å². The molecule has 0 aromatic carbocycles. The maximum absolute atomic E-state index is 10.8. The Morgan fingerprint density at radius 1 is 1.38 bits per heavy atom. The third-order valence-electron chi connectivity index (χ3n) is 1.60. The maximum Gasteiger partial charge on any atom is 0.287 e. The van der Waals surface area contributed by atoms with Crippen LogP contribution in [0.1, 0.15) is 33.5 Å². The molecular weight excluding hydrogens is 174 g/mol. The summed E-state index contributed by atoms with van der Waals surface area (Å²) in [6, 6.07) is 0. The van der Waals surface area contributed by atoms with Gasteiger partial charge in [0.15, 0.2) is 5.69 Å². The van der Waals surface area contributed by atoms with Crippen LogP contribution in [0.3, 0.4) is 0 Å². The van der Waals surface area contributed by atoms with Crippen molar-refractivity contribution in [1.29, 1.82) is 0 Å². The van der Waals surface area contributed by atoms with Crippen molar-refractivity contribution in [1.82, 2.24) is 5.16 Å². The number of aromatic nitrogens is 1. The molecule has 1 heterocycles. The Hall–Kier alpha value is -1.85. The Morgan fingerprint density at radius 3 is 2.38 bits per heavy atom. The molecule has 1 rings (SSSR count). The van der Waals surface area contributed by atoms with Crippen LogP contribution >= 0.6 is 0 Å². The third kappa shape index (κ3) is 1.51. The van der Waals surface area contributed by atoms with Gasteiger partial charge in [-0.05, 0) is 6.42 Å². The summed E-state index contributed by atoms with van der Waals surface area (Å²) in [5, 5.41) is 3.36. The van der Waals surface area contributed by atoms with Gasteiger partial charge in [0.1, 0.15) is 0 Å². The molecule has 1 aromatic rings. The highest BCUT2D eigenvalue weighted by atomic mass is 16.5. The smallest absolute Gasteiger partial charge is 0.287 e. The molecule has 0 unspecified atom stereocenters. The number of amides is 2. The minimum Gasteiger partial charge on any atom is -0.364 e. The van der Waals surface area contributed by atoms with Crippen molar-refractivity contribution in [3.63, 3.8) is 0 Å². The molecular formula is C7H9N3O3. The van der Waals surface area contributed by atoms with Gasteiger partial charge in [-0.3, -0.25) is 9.59 Å². The predicted molar refractivity (Wildman–Crippen MR) is 42.9 cm³/mol. The first-order valence-corrected chi connectivity index (χ1v) is 3.66. The first-order valence-electron chi connectivity index (χ1n) is 3.66. The number of carbonyl (C=O) groups excluding carboxylic acids is 2. The molecule has 0 radical (unpaired) electrons. The summed E-state index contributed by atoms with van der Waals surface area (Å²) in [6.07, 6.45) is 0.417. The normalized spacial score (nSPS) is 9.92. The second-order valence-electron chi connectivity index (χ2n) is 2.42. The fourth-order valence-corrected chi connectivity index (χ4v) is 1.02. The van der Waals surface area contributed by atoms with Gasteiger partial charge in [-0.25, -0.2) is 0 Å². The van der Waals surface area contributed by atoms with Crippen LogP contribution in [-0.4, -0.2) is 17.0 Å². The van der Waals surface area contributed by atoms with E-state index in [0.29, 0.717) is 12.0 Å². The number of nitrogens with two attached hydrogens (primary N) is 2. The van der Waals surface area contributed by atoms with E-state index in [-0.39, 0.29) is 11.5 Å². The van der Waals surface area contributed by atoms with E-state index >= 15 is 0 Å². The summed E-state index contributed by atoms with van der Waals surface area (Å²) >= 11 is 0. The summed E-state index contributed by atoms with van der Waals surface area (Å²) in [5.41, 5.74) is 10.3. The molecule has 70 valence electrons. The van der Waals surface area contributed by atoms with E-state index in [4.69, 9.17) is 11.5 Å². The van der Waals surface area contributed by atoms with Gasteiger partial charge in [0.25, 0.3) is 11.8 Å². The van der Waals surface area contributed by atoms with Crippen LogP contribution in [0.5, 0.6) is 0 Å². The van der Waals surface area contributed by atoms with Gasteiger partial charge in [0.2, 0.25) is 5.76 Å². The van der Waals surface area contributed by atoms with Crippen molar-refractivity contribution in [3.8, 4) is 0 Å². The zero-order valence-electron chi connectivity index (χ0n) is 7.03. The Kier molecular flexibility index (Phi) is 2.32. The summed E-state index contributed by atoms with van der Waals surface area (Å²) in [5.74, 6) is -1.58. The van der Waals surface area contributed by atoms with Crippen LogP contribution in [0.2, 0.25) is 0 Å². The predicted octanol–water partition coefficient (Wildman–Crippen LogP) is -0.565. The molecule has 0 aliphatic carbocycles. The topological polar surface area (TPSA) is 112 Å². The molecule has 2 amide bonds. The molecule has 13 heavy (non-hydrogen) atoms. The maximum atomic E-state index is 10.8. The number of hydrogen-bond acceptors (Lipinski definition) is 4. The molecule has 0 atom stereocenters. The van der Waals surface area contributed by atoms with E-state index in [1.54, 1.807) is 6.92 Å². The van der Waals surface area contributed by atoms with Crippen molar-refractivity contribution in [2.24, 2.45) is 11.5 Å². The molecule has 0 saturated heterocycles. The minimum atomic E-state index is -0.753. The van der Waals surface area contributed by atoms with Gasteiger partial charge in [0.05, 0.1) is 0 Å². The van der Waals surface area contributed by atoms with E-state index in [1.165, 1.54) is 0 Å². The largest absolute Gasteiger partial charge is 0.364 e. The lowest BCUT2D eigenvalue weighted by Gasteiger charge is -1.93. The molecule has 0 bridgehead atoms. The van der Waals surface area contributed by atoms with Crippen LogP contribution in [0.15, 0.2) is 4.52 Å². The second-order valence-corrected chi connectivity index (χ2v) is 2.42. The zero-order valence-corrected chi connectivity index (χ0v) is 7.03. The number of carbonyl (C=O) groups is 2. The Balaban J connectivity index is 3.26. The highest BCUT2D eigenvalue weighted by molar-refractivity contribution is 5.98. The van der Waals surface area contributed by atoms with E-state index in [1.807, 2.05) is 0 Å². The van der Waals surface area contributed by atoms with Gasteiger partial charge >= 0.3 is 0 Å². The van der Waals surface area contributed by atoms with Gasteiger partial charge in [-0.2, -0.15) is 0 Å². The highest BCUT2D eigenvalue weighted by Crippen LogP contribution is 2.13. The number of primary amides is 2. The molecule has 0 aliphatic heterocycles. The van der Waals surface area contributed by atoms with Crippen molar-refractivity contribution in [2.45, 2.75) is 13.3 Å². The summed E-state index contributed by atoms with van der Waals surface area (Å²) < 4.78 is 4.58. The first kappa shape index (κ1) is 9.24. The molecule has 0 spiro atoms. The summed E-state index contributed by atoms with van der Waals surface area (Å²) in [4.78, 5) is 21.5. The zero-order chi connectivity index (χ0) is 10.0. The molecule has 0 aliphatic rings. The first-order chi connectivity index (χ1) is 6.07. The molecule has 0 fully saturated rings. The Morgan fingerprint density at radius 2 is 2.00 bits per heavy atom. The standard InChI is InChI=1S/C7H9N3O3/c1-2-3-4(6(8)11)10-13-5(3)7(9)12/h2H2,1H3,(H2,8,11)(H2,9,12). The molecule has 4 N–H and O–H groups in total. The molecule has 6 heteroatoms. The summed E-state index contributed by atoms with van der Waals surface area (Å²) in [6.45, 7) is 1.74. The fraction of sp³-hybridized carbons (Fsp3) is 0.286. The SMILES string of the molecule is CCc1c(C(N)=O)noc1C(N)=O. The molecule has 1 aromatic heterocycles. The Bertz CT molecular complexity index is 324. The van der Waals surface area contributed by atoms with Crippen LogP contribution in [0.4, 0.5) is 0 Å². The number of rotatable bonds is 3.